The molecule has 0 heterocycles. The summed E-state index contributed by atoms with van der Waals surface area (Å²) >= 11 is -1.53. The molecule has 394 valence electrons. The van der Waals surface area contributed by atoms with Crippen molar-refractivity contribution in [3.63, 3.8) is 0 Å². The van der Waals surface area contributed by atoms with Gasteiger partial charge in [0.1, 0.15) is 0 Å². The van der Waals surface area contributed by atoms with Gasteiger partial charge < -0.3 is 0 Å². The third-order valence-corrected chi connectivity index (χ3v) is 26.4. The van der Waals surface area contributed by atoms with Crippen LogP contribution in [0.2, 0.25) is 0 Å². The van der Waals surface area contributed by atoms with Crippen LogP contribution < -0.4 is 8.79 Å². The van der Waals surface area contributed by atoms with Crippen molar-refractivity contribution in [2.75, 3.05) is 0 Å². The quantitative estimate of drug-likeness (QED) is 0.0848. The van der Waals surface area contributed by atoms with Crippen LogP contribution in [0.15, 0.2) is 84.9 Å². The molecule has 0 saturated carbocycles. The first-order valence-corrected chi connectivity index (χ1v) is 37.8. The molecule has 0 saturated heterocycles. The van der Waals surface area contributed by atoms with E-state index in [0.717, 1.165) is 0 Å². The fourth-order valence-corrected chi connectivity index (χ4v) is 23.4. The summed E-state index contributed by atoms with van der Waals surface area (Å²) in [4.78, 5) is 0. The van der Waals surface area contributed by atoms with Gasteiger partial charge in [-0.2, -0.15) is 0 Å². The first kappa shape index (κ1) is 59.6. The molecule has 0 nitrogen and oxygen atoms in total. The first-order chi connectivity index (χ1) is 34.7. The summed E-state index contributed by atoms with van der Waals surface area (Å²) in [7, 11) is 0. The SMILES string of the molecule is CC(C)c1cc(C(C)C)c(-c2cccc(-c3c(C(C)C)cc(C(C)C)cc3C(C)C)[c]2[Ge]#[Ge][c]2c(-c3c(C(C)C)cc(C(C)C)cc3C(C)C)cccc2-c2c(C(C)C)cc(C(C)C)cc2C(C)C)c(C(C)C)c1. The van der Waals surface area contributed by atoms with E-state index in [0.29, 0.717) is 71.0 Å². The van der Waals surface area contributed by atoms with Crippen LogP contribution >= 0.6 is 0 Å². The van der Waals surface area contributed by atoms with Crippen molar-refractivity contribution >= 4 is 34.1 Å². The van der Waals surface area contributed by atoms with Crippen molar-refractivity contribution in [1.82, 2.24) is 0 Å². The molecule has 0 N–H and O–H groups in total. The van der Waals surface area contributed by atoms with Gasteiger partial charge in [0.05, 0.1) is 0 Å². The molecule has 0 fully saturated rings. The maximum absolute atomic E-state index is 2.59. The van der Waals surface area contributed by atoms with Gasteiger partial charge >= 0.3 is 468 Å². The fraction of sp³-hybridized carbons (Fsp3) is 0.500. The van der Waals surface area contributed by atoms with Gasteiger partial charge in [0.25, 0.3) is 0 Å². The first-order valence-electron chi connectivity index (χ1n) is 29.2. The van der Waals surface area contributed by atoms with Crippen LogP contribution in [-0.4, -0.2) is 25.3 Å². The normalized spacial score (nSPS) is 12.3. The zero-order chi connectivity index (χ0) is 54.9. The molecule has 0 unspecified atom stereocenters. The van der Waals surface area contributed by atoms with Crippen molar-refractivity contribution in [3.05, 3.63) is 152 Å². The van der Waals surface area contributed by atoms with Crippen molar-refractivity contribution in [3.8, 4) is 44.5 Å². The summed E-state index contributed by atoms with van der Waals surface area (Å²) in [6.45, 7) is 58.0. The molecule has 6 aromatic rings. The molecular formula is C72H98Ge2. The maximum atomic E-state index is 2.59. The zero-order valence-corrected chi connectivity index (χ0v) is 55.2. The molecule has 0 bridgehead atoms. The summed E-state index contributed by atoms with van der Waals surface area (Å²) < 4.78 is 3.34. The topological polar surface area (TPSA) is 0 Å². The molecule has 0 aliphatic heterocycles. The Morgan fingerprint density at radius 3 is 0.486 bits per heavy atom. The number of benzene rings is 6. The van der Waals surface area contributed by atoms with Crippen LogP contribution in [0.5, 0.6) is 0 Å². The average Bonchev–Trinajstić information content (AvgIpc) is 3.33. The molecule has 0 atom stereocenters. The molecular weight excluding hydrogens is 1010 g/mol. The molecule has 0 radical (unpaired) electrons. The number of hydrogen-bond donors (Lipinski definition) is 0. The van der Waals surface area contributed by atoms with E-state index in [-0.39, 0.29) is 0 Å². The molecule has 6 rings (SSSR count). The third kappa shape index (κ3) is 12.5. The average molecular weight is 1110 g/mol. The van der Waals surface area contributed by atoms with Gasteiger partial charge in [0.15, 0.2) is 0 Å². The Morgan fingerprint density at radius 2 is 0.365 bits per heavy atom. The van der Waals surface area contributed by atoms with Crippen molar-refractivity contribution in [1.29, 1.82) is 0 Å². The second-order valence-corrected chi connectivity index (χ2v) is 34.5. The second-order valence-electron chi connectivity index (χ2n) is 25.9. The van der Waals surface area contributed by atoms with Gasteiger partial charge in [-0.25, -0.2) is 0 Å². The van der Waals surface area contributed by atoms with E-state index in [2.05, 4.69) is 251 Å². The number of hydrogen-bond acceptors (Lipinski definition) is 0. The zero-order valence-electron chi connectivity index (χ0n) is 51.0. The molecule has 0 aromatic heterocycles. The van der Waals surface area contributed by atoms with Crippen molar-refractivity contribution < 1.29 is 0 Å². The van der Waals surface area contributed by atoms with Crippen molar-refractivity contribution in [2.45, 2.75) is 237 Å². The second kappa shape index (κ2) is 24.8. The molecule has 6 aromatic carbocycles. The molecule has 0 spiro atoms. The van der Waals surface area contributed by atoms with Crippen LogP contribution in [0.3, 0.4) is 0 Å². The van der Waals surface area contributed by atoms with Crippen LogP contribution in [0.4, 0.5) is 0 Å². The van der Waals surface area contributed by atoms with E-state index in [1.165, 1.54) is 111 Å². The number of rotatable bonds is 16. The summed E-state index contributed by atoms with van der Waals surface area (Å²) in [6.07, 6.45) is 0. The monoisotopic (exact) mass is 1110 g/mol. The predicted molar refractivity (Wildman–Crippen MR) is 334 cm³/mol. The van der Waals surface area contributed by atoms with Crippen LogP contribution in [0.1, 0.15) is 304 Å². The van der Waals surface area contributed by atoms with Crippen LogP contribution in [0, 0.1) is 0 Å². The van der Waals surface area contributed by atoms with Gasteiger partial charge in [-0.1, -0.05) is 0 Å². The van der Waals surface area contributed by atoms with Gasteiger partial charge in [0.2, 0.25) is 0 Å². The summed E-state index contributed by atoms with van der Waals surface area (Å²) in [6, 6.07) is 35.9. The molecule has 0 aliphatic carbocycles. The van der Waals surface area contributed by atoms with E-state index >= 15 is 0 Å². The minimum atomic E-state index is -0.764. The Morgan fingerprint density at radius 1 is 0.216 bits per heavy atom. The summed E-state index contributed by atoms with van der Waals surface area (Å²) in [5.74, 6) is 4.95. The van der Waals surface area contributed by atoms with Crippen LogP contribution in [0.25, 0.3) is 44.5 Å². The van der Waals surface area contributed by atoms with Crippen molar-refractivity contribution in [2.24, 2.45) is 0 Å². The Balaban J connectivity index is 1.97. The van der Waals surface area contributed by atoms with E-state index in [1.807, 2.05) is 0 Å². The summed E-state index contributed by atoms with van der Waals surface area (Å²) in [5, 5.41) is 0. The Kier molecular flexibility index (Phi) is 20.0. The standard InChI is InChI=1S/C72H98Ge2/c1-39(2)51-31-59(43(9)10)67(60(32-51)44(11)12)55-27-25-28-56(68-61(45(13)14)33-52(40(3)4)34-62(68)46(15)16)71(55)73-74-72-57(69-63(47(17)18)35-53(41(5)6)36-64(69)48(19)20)29-26-30-58(72)70-65(49(21)22)37-54(42(7)8)38-66(70)50(23)24/h25-50H,1-24H3. The van der Waals surface area contributed by atoms with Gasteiger partial charge in [0, 0.05) is 0 Å². The Bertz CT molecular complexity index is 2510. The van der Waals surface area contributed by atoms with Crippen LogP contribution in [-0.2, 0) is 0 Å². The third-order valence-electron chi connectivity index (χ3n) is 16.0. The fourth-order valence-electron chi connectivity index (χ4n) is 11.4. The Hall–Kier alpha value is -3.59. The van der Waals surface area contributed by atoms with Gasteiger partial charge in [-0.05, 0) is 0 Å². The predicted octanol–water partition coefficient (Wildman–Crippen LogP) is 21.1. The van der Waals surface area contributed by atoms with E-state index in [1.54, 1.807) is 8.79 Å². The van der Waals surface area contributed by atoms with E-state index < -0.39 is 25.3 Å². The molecule has 2 heteroatoms. The van der Waals surface area contributed by atoms with Gasteiger partial charge in [-0.3, -0.25) is 0 Å². The molecule has 74 heavy (non-hydrogen) atoms. The minimum absolute atomic E-state index is 0.388. The Labute approximate surface area is 464 Å². The molecule has 0 aliphatic rings. The van der Waals surface area contributed by atoms with E-state index in [9.17, 15) is 0 Å². The summed E-state index contributed by atoms with van der Waals surface area (Å²) in [5.41, 5.74) is 30.0. The van der Waals surface area contributed by atoms with Gasteiger partial charge in [-0.15, -0.1) is 0 Å². The molecule has 0 amide bonds. The van der Waals surface area contributed by atoms with E-state index in [4.69, 9.17) is 0 Å².